The predicted octanol–water partition coefficient (Wildman–Crippen LogP) is 1.82. The van der Waals surface area contributed by atoms with E-state index in [2.05, 4.69) is 9.71 Å². The fraction of sp³-hybridized carbons (Fsp3) is 0.263. The molecule has 27 heavy (non-hydrogen) atoms. The molecule has 3 N–H and O–H groups in total. The quantitative estimate of drug-likeness (QED) is 0.813. The number of amidine groups is 1. The van der Waals surface area contributed by atoms with E-state index in [1.54, 1.807) is 42.5 Å². The van der Waals surface area contributed by atoms with Crippen molar-refractivity contribution in [3.8, 4) is 5.75 Å². The normalized spacial score (nSPS) is 15.4. The lowest BCUT2D eigenvalue weighted by molar-refractivity contribution is 0.0880. The van der Waals surface area contributed by atoms with Gasteiger partial charge < -0.3 is 15.8 Å². The number of nitrogens with one attached hydrogen (secondary N) is 1. The second-order valence-corrected chi connectivity index (χ2v) is 8.62. The number of fused-ring (bicyclic) bond motifs is 1. The molecule has 7 nitrogen and oxygen atoms in total. The molecule has 0 saturated carbocycles. The summed E-state index contributed by atoms with van der Waals surface area (Å²) in [6.07, 6.45) is 0. The van der Waals surface area contributed by atoms with Gasteiger partial charge in [0.25, 0.3) is 15.9 Å². The Kier molecular flexibility index (Phi) is 4.93. The molecule has 142 valence electrons. The van der Waals surface area contributed by atoms with Crippen molar-refractivity contribution in [2.75, 3.05) is 6.61 Å². The molecule has 0 radical (unpaired) electrons. The van der Waals surface area contributed by atoms with Crippen molar-refractivity contribution in [1.82, 2.24) is 5.32 Å². The summed E-state index contributed by atoms with van der Waals surface area (Å²) in [5, 5.41) is 2.93. The third-order valence-electron chi connectivity index (χ3n) is 4.02. The van der Waals surface area contributed by atoms with E-state index in [1.807, 2.05) is 19.9 Å². The molecule has 0 spiro atoms. The van der Waals surface area contributed by atoms with Gasteiger partial charge in [0.2, 0.25) is 0 Å². The first-order valence-corrected chi connectivity index (χ1v) is 9.98. The number of ether oxygens (including phenoxy) is 1. The van der Waals surface area contributed by atoms with Gasteiger partial charge >= 0.3 is 0 Å². The number of nitrogens with zero attached hydrogens (tertiary/aromatic N) is 1. The highest BCUT2D eigenvalue weighted by Crippen LogP contribution is 2.28. The maximum atomic E-state index is 12.4. The number of hydrogen-bond donors (Lipinski definition) is 2. The van der Waals surface area contributed by atoms with Gasteiger partial charge in [0, 0.05) is 5.56 Å². The van der Waals surface area contributed by atoms with E-state index in [4.69, 9.17) is 10.5 Å². The first-order chi connectivity index (χ1) is 12.7. The minimum atomic E-state index is -3.60. The van der Waals surface area contributed by atoms with Gasteiger partial charge in [-0.3, -0.25) is 4.79 Å². The van der Waals surface area contributed by atoms with Crippen LogP contribution in [0, 0.1) is 0 Å². The van der Waals surface area contributed by atoms with Gasteiger partial charge in [0.05, 0.1) is 16.9 Å². The lowest BCUT2D eigenvalue weighted by Gasteiger charge is -2.27. The van der Waals surface area contributed by atoms with Crippen molar-refractivity contribution >= 4 is 21.8 Å². The van der Waals surface area contributed by atoms with E-state index in [9.17, 15) is 13.2 Å². The van der Waals surface area contributed by atoms with Crippen LogP contribution in [-0.4, -0.2) is 32.3 Å². The summed E-state index contributed by atoms with van der Waals surface area (Å²) in [7, 11) is -3.60. The largest absolute Gasteiger partial charge is 0.490 e. The topological polar surface area (TPSA) is 111 Å². The summed E-state index contributed by atoms with van der Waals surface area (Å²) in [5.74, 6) is -0.0657. The minimum absolute atomic E-state index is 0.0852. The van der Waals surface area contributed by atoms with Crippen LogP contribution in [0.25, 0.3) is 0 Å². The zero-order chi connectivity index (χ0) is 19.7. The summed E-state index contributed by atoms with van der Waals surface area (Å²) in [6.45, 7) is 3.85. The van der Waals surface area contributed by atoms with Gasteiger partial charge in [0.15, 0.2) is 0 Å². The first kappa shape index (κ1) is 18.9. The number of carbonyl (C=O) groups excluding carboxylic acids is 1. The highest BCUT2D eigenvalue weighted by Gasteiger charge is 2.27. The molecule has 0 aliphatic carbocycles. The summed E-state index contributed by atoms with van der Waals surface area (Å²) >= 11 is 0. The first-order valence-electron chi connectivity index (χ1n) is 8.38. The molecular formula is C19H21N3O4S. The molecule has 2 aromatic carbocycles. The predicted molar refractivity (Wildman–Crippen MR) is 103 cm³/mol. The molecule has 0 fully saturated rings. The number of hydrogen-bond acceptors (Lipinski definition) is 5. The third kappa shape index (κ3) is 4.46. The average molecular weight is 387 g/mol. The van der Waals surface area contributed by atoms with Crippen LogP contribution in [0.3, 0.4) is 0 Å². The zero-order valence-corrected chi connectivity index (χ0v) is 15.9. The molecule has 3 rings (SSSR count). The van der Waals surface area contributed by atoms with Crippen molar-refractivity contribution < 1.29 is 17.9 Å². The van der Waals surface area contributed by atoms with Crippen molar-refractivity contribution in [3.05, 3.63) is 65.2 Å². The van der Waals surface area contributed by atoms with Crippen LogP contribution in [0.2, 0.25) is 0 Å². The summed E-state index contributed by atoms with van der Waals surface area (Å²) in [6, 6.07) is 14.0. The summed E-state index contributed by atoms with van der Waals surface area (Å²) in [5.41, 5.74) is 6.77. The molecule has 1 heterocycles. The summed E-state index contributed by atoms with van der Waals surface area (Å²) < 4.78 is 32.9. The highest BCUT2D eigenvalue weighted by atomic mass is 32.2. The average Bonchev–Trinajstić information content (AvgIpc) is 2.59. The Hall–Kier alpha value is -2.87. The van der Waals surface area contributed by atoms with E-state index >= 15 is 0 Å². The van der Waals surface area contributed by atoms with Crippen molar-refractivity contribution in [3.63, 3.8) is 0 Å². The van der Waals surface area contributed by atoms with Crippen LogP contribution in [0.1, 0.15) is 35.3 Å². The third-order valence-corrected chi connectivity index (χ3v) is 5.17. The van der Waals surface area contributed by atoms with Crippen LogP contribution in [0.15, 0.2) is 52.9 Å². The van der Waals surface area contributed by atoms with Crippen LogP contribution in [-0.2, 0) is 15.8 Å². The van der Waals surface area contributed by atoms with E-state index in [0.29, 0.717) is 22.4 Å². The lowest BCUT2D eigenvalue weighted by Crippen LogP contribution is -2.48. The van der Waals surface area contributed by atoms with Crippen LogP contribution in [0.5, 0.6) is 5.75 Å². The van der Waals surface area contributed by atoms with E-state index in [1.165, 1.54) is 0 Å². The second kappa shape index (κ2) is 7.03. The molecule has 0 unspecified atom stereocenters. The number of benzene rings is 2. The Bertz CT molecular complexity index is 999. The highest BCUT2D eigenvalue weighted by molar-refractivity contribution is 7.89. The van der Waals surface area contributed by atoms with E-state index in [-0.39, 0.29) is 24.1 Å². The number of sulfonamides is 1. The van der Waals surface area contributed by atoms with E-state index < -0.39 is 15.6 Å². The molecule has 8 heteroatoms. The van der Waals surface area contributed by atoms with Crippen molar-refractivity contribution in [2.24, 2.45) is 10.1 Å². The Morgan fingerprint density at radius 2 is 1.89 bits per heavy atom. The maximum Gasteiger partial charge on any atom is 0.259 e. The number of nitrogens with two attached hydrogens (primary N) is 1. The number of rotatable bonds is 5. The molecular weight excluding hydrogens is 366 g/mol. The van der Waals surface area contributed by atoms with Crippen LogP contribution >= 0.6 is 0 Å². The molecule has 0 atom stereocenters. The molecule has 1 aliphatic rings. The molecule has 1 aliphatic heterocycles. The molecule has 2 aromatic rings. The number of carbonyl (C=O) groups is 1. The molecule has 0 bridgehead atoms. The maximum absolute atomic E-state index is 12.4. The molecule has 0 aromatic heterocycles. The minimum Gasteiger partial charge on any atom is -0.490 e. The molecule has 1 amide bonds. The van der Waals surface area contributed by atoms with Gasteiger partial charge in [-0.2, -0.15) is 0 Å². The Morgan fingerprint density at radius 1 is 1.19 bits per heavy atom. The van der Waals surface area contributed by atoms with Crippen LogP contribution < -0.4 is 15.8 Å². The Labute approximate surface area is 158 Å². The Morgan fingerprint density at radius 3 is 2.59 bits per heavy atom. The fourth-order valence-corrected chi connectivity index (χ4v) is 3.88. The van der Waals surface area contributed by atoms with Gasteiger partial charge in [0.1, 0.15) is 18.2 Å². The monoisotopic (exact) mass is 387 g/mol. The van der Waals surface area contributed by atoms with Gasteiger partial charge in [-0.05, 0) is 37.6 Å². The van der Waals surface area contributed by atoms with Crippen molar-refractivity contribution in [1.29, 1.82) is 0 Å². The smallest absolute Gasteiger partial charge is 0.259 e. The second-order valence-electron chi connectivity index (χ2n) is 6.99. The molecule has 0 saturated heterocycles. The number of amides is 1. The summed E-state index contributed by atoms with van der Waals surface area (Å²) in [4.78, 5) is 12.4. The van der Waals surface area contributed by atoms with Gasteiger partial charge in [-0.25, -0.2) is 8.42 Å². The van der Waals surface area contributed by atoms with Gasteiger partial charge in [-0.1, -0.05) is 30.3 Å². The SMILES string of the molecule is CC(C)(COc1cccc2c1C(N)=NS(=O)(=O)C2)NC(=O)c1ccccc1. The zero-order valence-electron chi connectivity index (χ0n) is 15.1. The Balaban J connectivity index is 1.75. The standard InChI is InChI=1S/C19H21N3O4S/c1-19(2,21-18(23)13-7-4-3-5-8-13)12-26-15-10-6-9-14-11-27(24,25)22-17(20)16(14)15/h3-10H,11-12H2,1-2H3,(H2,20,22)(H,21,23). The fourth-order valence-electron chi connectivity index (χ4n) is 2.80. The van der Waals surface area contributed by atoms with Crippen LogP contribution in [0.4, 0.5) is 0 Å². The lowest BCUT2D eigenvalue weighted by atomic mass is 10.0. The van der Waals surface area contributed by atoms with Crippen molar-refractivity contribution in [2.45, 2.75) is 25.1 Å². The van der Waals surface area contributed by atoms with Gasteiger partial charge in [-0.15, -0.1) is 4.40 Å². The van der Waals surface area contributed by atoms with E-state index in [0.717, 1.165) is 0 Å².